The Morgan fingerprint density at radius 3 is 2.44 bits per heavy atom. The highest BCUT2D eigenvalue weighted by molar-refractivity contribution is 5.85. The second-order valence-corrected chi connectivity index (χ2v) is 4.66. The summed E-state index contributed by atoms with van der Waals surface area (Å²) in [5, 5.41) is 2.67. The summed E-state index contributed by atoms with van der Waals surface area (Å²) in [5.41, 5.74) is 0. The van der Waals surface area contributed by atoms with E-state index >= 15 is 0 Å². The predicted octanol–water partition coefficient (Wildman–Crippen LogP) is 1.10. The molecule has 2 unspecified atom stereocenters. The molecule has 4 heteroatoms. The van der Waals surface area contributed by atoms with Gasteiger partial charge in [-0.05, 0) is 31.6 Å². The van der Waals surface area contributed by atoms with E-state index in [0.717, 1.165) is 0 Å². The normalized spacial score (nSPS) is 31.4. The van der Waals surface area contributed by atoms with Gasteiger partial charge in [0, 0.05) is 5.92 Å². The molecule has 0 spiro atoms. The number of fused-ring (bicyclic) bond motifs is 1. The van der Waals surface area contributed by atoms with Crippen molar-refractivity contribution in [3.63, 3.8) is 0 Å². The number of ether oxygens (including phenoxy) is 1. The molecule has 1 N–H and O–H groups in total. The summed E-state index contributed by atoms with van der Waals surface area (Å²) in [6, 6.07) is 0. The topological polar surface area (TPSA) is 55.4 Å². The fourth-order valence-electron chi connectivity index (χ4n) is 2.87. The molecule has 0 aliphatic heterocycles. The van der Waals surface area contributed by atoms with Crippen molar-refractivity contribution in [3.8, 4) is 0 Å². The van der Waals surface area contributed by atoms with Crippen LogP contribution in [-0.4, -0.2) is 25.0 Å². The van der Waals surface area contributed by atoms with E-state index in [9.17, 15) is 9.59 Å². The highest BCUT2D eigenvalue weighted by atomic mass is 16.5. The molecule has 0 bridgehead atoms. The molecular formula is C12H19NO3. The van der Waals surface area contributed by atoms with Crippen molar-refractivity contribution in [2.45, 2.75) is 32.6 Å². The standard InChI is InChI=1S/C12H19NO3/c1-2-16-10(14)7-13-12(15)11-8-5-3-4-6-9(8)11/h8-9,11H,2-7H2,1H3,(H,13,15). The lowest BCUT2D eigenvalue weighted by Gasteiger charge is -2.04. The van der Waals surface area contributed by atoms with Crippen LogP contribution >= 0.6 is 0 Å². The van der Waals surface area contributed by atoms with Crippen molar-refractivity contribution >= 4 is 11.9 Å². The Balaban J connectivity index is 1.71. The van der Waals surface area contributed by atoms with E-state index in [4.69, 9.17) is 4.74 Å². The molecule has 0 heterocycles. The maximum atomic E-state index is 11.8. The maximum Gasteiger partial charge on any atom is 0.325 e. The minimum atomic E-state index is -0.348. The number of nitrogens with one attached hydrogen (secondary N) is 1. The summed E-state index contributed by atoms with van der Waals surface area (Å²) in [6.45, 7) is 2.14. The van der Waals surface area contributed by atoms with Crippen LogP contribution in [0.1, 0.15) is 32.6 Å². The van der Waals surface area contributed by atoms with E-state index in [1.165, 1.54) is 25.7 Å². The maximum absolute atomic E-state index is 11.8. The first-order valence-electron chi connectivity index (χ1n) is 6.17. The number of hydrogen-bond acceptors (Lipinski definition) is 3. The number of carbonyl (C=O) groups excluding carboxylic acids is 2. The van der Waals surface area contributed by atoms with Crippen molar-refractivity contribution in [3.05, 3.63) is 0 Å². The van der Waals surface area contributed by atoms with Gasteiger partial charge in [-0.1, -0.05) is 12.8 Å². The van der Waals surface area contributed by atoms with Crippen molar-refractivity contribution in [1.82, 2.24) is 5.32 Å². The van der Waals surface area contributed by atoms with Gasteiger partial charge in [-0.3, -0.25) is 9.59 Å². The van der Waals surface area contributed by atoms with E-state index in [-0.39, 0.29) is 24.3 Å². The second-order valence-electron chi connectivity index (χ2n) is 4.66. The van der Waals surface area contributed by atoms with Gasteiger partial charge in [0.15, 0.2) is 0 Å². The Bertz CT molecular complexity index is 278. The fourth-order valence-corrected chi connectivity index (χ4v) is 2.87. The molecule has 90 valence electrons. The van der Waals surface area contributed by atoms with Gasteiger partial charge in [-0.25, -0.2) is 0 Å². The van der Waals surface area contributed by atoms with Crippen molar-refractivity contribution in [2.24, 2.45) is 17.8 Å². The highest BCUT2D eigenvalue weighted by Crippen LogP contribution is 2.55. The molecule has 0 aromatic heterocycles. The largest absolute Gasteiger partial charge is 0.465 e. The van der Waals surface area contributed by atoms with Gasteiger partial charge < -0.3 is 10.1 Å². The number of rotatable bonds is 4. The molecule has 2 aliphatic carbocycles. The molecule has 16 heavy (non-hydrogen) atoms. The van der Waals surface area contributed by atoms with Crippen LogP contribution in [0.4, 0.5) is 0 Å². The molecule has 2 rings (SSSR count). The lowest BCUT2D eigenvalue weighted by Crippen LogP contribution is -2.32. The minimum Gasteiger partial charge on any atom is -0.465 e. The Hall–Kier alpha value is -1.06. The Labute approximate surface area is 95.7 Å². The fraction of sp³-hybridized carbons (Fsp3) is 0.833. The average molecular weight is 225 g/mol. The second kappa shape index (κ2) is 4.85. The zero-order valence-corrected chi connectivity index (χ0v) is 9.70. The Morgan fingerprint density at radius 2 is 1.88 bits per heavy atom. The SMILES string of the molecule is CCOC(=O)CNC(=O)C1C2CCCCC21. The van der Waals surface area contributed by atoms with Crippen molar-refractivity contribution < 1.29 is 14.3 Å². The van der Waals surface area contributed by atoms with Crippen LogP contribution in [0.25, 0.3) is 0 Å². The Kier molecular flexibility index (Phi) is 3.46. The van der Waals surface area contributed by atoms with Gasteiger partial charge in [0.1, 0.15) is 6.54 Å². The summed E-state index contributed by atoms with van der Waals surface area (Å²) in [7, 11) is 0. The zero-order chi connectivity index (χ0) is 11.5. The summed E-state index contributed by atoms with van der Waals surface area (Å²) < 4.78 is 4.76. The molecule has 2 aliphatic rings. The third kappa shape index (κ3) is 2.36. The van der Waals surface area contributed by atoms with Gasteiger partial charge in [-0.2, -0.15) is 0 Å². The zero-order valence-electron chi connectivity index (χ0n) is 9.70. The monoisotopic (exact) mass is 225 g/mol. The van der Waals surface area contributed by atoms with E-state index in [1.54, 1.807) is 6.92 Å². The van der Waals surface area contributed by atoms with Gasteiger partial charge in [-0.15, -0.1) is 0 Å². The molecule has 1 amide bonds. The number of hydrogen-bond donors (Lipinski definition) is 1. The van der Waals surface area contributed by atoms with Crippen LogP contribution in [-0.2, 0) is 14.3 Å². The van der Waals surface area contributed by atoms with E-state index in [2.05, 4.69) is 5.32 Å². The molecule has 4 nitrogen and oxygen atoms in total. The Morgan fingerprint density at radius 1 is 1.25 bits per heavy atom. The van der Waals surface area contributed by atoms with Crippen LogP contribution in [0.5, 0.6) is 0 Å². The van der Waals surface area contributed by atoms with E-state index in [1.807, 2.05) is 0 Å². The lowest BCUT2D eigenvalue weighted by atomic mass is 10.0. The molecule has 0 radical (unpaired) electrons. The quantitative estimate of drug-likeness (QED) is 0.729. The molecule has 0 saturated heterocycles. The van der Waals surface area contributed by atoms with Gasteiger partial charge in [0.25, 0.3) is 0 Å². The van der Waals surface area contributed by atoms with E-state index < -0.39 is 0 Å². The molecular weight excluding hydrogens is 206 g/mol. The van der Waals surface area contributed by atoms with Gasteiger partial charge in [0.05, 0.1) is 6.61 Å². The minimum absolute atomic E-state index is 0.0165. The highest BCUT2D eigenvalue weighted by Gasteiger charge is 2.54. The van der Waals surface area contributed by atoms with Crippen LogP contribution in [0.15, 0.2) is 0 Å². The van der Waals surface area contributed by atoms with Gasteiger partial charge >= 0.3 is 5.97 Å². The smallest absolute Gasteiger partial charge is 0.325 e. The van der Waals surface area contributed by atoms with E-state index in [0.29, 0.717) is 18.4 Å². The molecule has 2 fully saturated rings. The van der Waals surface area contributed by atoms with Crippen molar-refractivity contribution in [2.75, 3.05) is 13.2 Å². The van der Waals surface area contributed by atoms with Crippen LogP contribution in [0, 0.1) is 17.8 Å². The van der Waals surface area contributed by atoms with Gasteiger partial charge in [0.2, 0.25) is 5.91 Å². The predicted molar refractivity (Wildman–Crippen MR) is 58.6 cm³/mol. The molecule has 2 atom stereocenters. The number of esters is 1. The van der Waals surface area contributed by atoms with Crippen LogP contribution in [0.2, 0.25) is 0 Å². The van der Waals surface area contributed by atoms with Crippen LogP contribution in [0.3, 0.4) is 0 Å². The molecule has 0 aromatic carbocycles. The third-order valence-corrected chi connectivity index (χ3v) is 3.67. The van der Waals surface area contributed by atoms with Crippen molar-refractivity contribution in [1.29, 1.82) is 0 Å². The number of amides is 1. The summed E-state index contributed by atoms with van der Waals surface area (Å²) in [4.78, 5) is 22.8. The first-order chi connectivity index (χ1) is 7.74. The first kappa shape index (κ1) is 11.4. The van der Waals surface area contributed by atoms with Crippen LogP contribution < -0.4 is 5.32 Å². The first-order valence-corrected chi connectivity index (χ1v) is 6.17. The summed E-state index contributed by atoms with van der Waals surface area (Å²) in [6.07, 6.45) is 4.87. The molecule has 0 aromatic rings. The molecule has 2 saturated carbocycles. The number of carbonyl (C=O) groups is 2. The lowest BCUT2D eigenvalue weighted by molar-refractivity contribution is -0.143. The third-order valence-electron chi connectivity index (χ3n) is 3.67. The summed E-state index contributed by atoms with van der Waals surface area (Å²) >= 11 is 0. The average Bonchev–Trinajstić information content (AvgIpc) is 3.00. The summed E-state index contributed by atoms with van der Waals surface area (Å²) in [5.74, 6) is 1.06.